The monoisotopic (exact) mass is 577 g/mol. The Bertz CT molecular complexity index is 1450. The van der Waals surface area contributed by atoms with Gasteiger partial charge in [0, 0.05) is 62.2 Å². The van der Waals surface area contributed by atoms with Gasteiger partial charge in [0.1, 0.15) is 5.56 Å². The first-order valence-corrected chi connectivity index (χ1v) is 12.7. The number of nitrogens with zero attached hydrogens (tertiary/aromatic N) is 2. The summed E-state index contributed by atoms with van der Waals surface area (Å²) < 4.78 is 42.1. The summed E-state index contributed by atoms with van der Waals surface area (Å²) in [6.07, 6.45) is -4.44. The predicted molar refractivity (Wildman–Crippen MR) is 146 cm³/mol. The lowest BCUT2D eigenvalue weighted by molar-refractivity contribution is -0.137. The quantitative estimate of drug-likeness (QED) is 0.336. The molecule has 0 aliphatic carbocycles. The summed E-state index contributed by atoms with van der Waals surface area (Å²) in [7, 11) is 0. The first-order valence-electron chi connectivity index (χ1n) is 12.4. The van der Waals surface area contributed by atoms with Gasteiger partial charge in [0.25, 0.3) is 11.5 Å². The van der Waals surface area contributed by atoms with Crippen LogP contribution in [-0.4, -0.2) is 59.5 Å². The zero-order chi connectivity index (χ0) is 29.0. The minimum absolute atomic E-state index is 0.0661. The van der Waals surface area contributed by atoms with Crippen molar-refractivity contribution in [3.63, 3.8) is 0 Å². The second kappa shape index (κ2) is 12.0. The number of carbonyl (C=O) groups excluding carboxylic acids is 2. The fourth-order valence-electron chi connectivity index (χ4n) is 4.46. The lowest BCUT2D eigenvalue weighted by atomic mass is 10.1. The molecule has 1 fully saturated rings. The molecule has 2 heterocycles. The van der Waals surface area contributed by atoms with E-state index in [0.717, 1.165) is 6.07 Å². The Kier molecular flexibility index (Phi) is 8.70. The van der Waals surface area contributed by atoms with Gasteiger partial charge in [-0.2, -0.15) is 13.2 Å². The number of H-pyrrole nitrogens is 1. The number of aromatic nitrogens is 1. The highest BCUT2D eigenvalue weighted by atomic mass is 35.5. The van der Waals surface area contributed by atoms with Crippen molar-refractivity contribution in [3.05, 3.63) is 86.8 Å². The number of aromatic amines is 1. The summed E-state index contributed by atoms with van der Waals surface area (Å²) in [6.45, 7) is 2.38. The number of piperazine rings is 1. The molecule has 0 spiro atoms. The molecule has 2 aromatic carbocycles. The van der Waals surface area contributed by atoms with E-state index >= 15 is 0 Å². The molecule has 1 atom stereocenters. The summed E-state index contributed by atoms with van der Waals surface area (Å²) in [5, 5.41) is 16.1. The second-order valence-electron chi connectivity index (χ2n) is 9.22. The highest BCUT2D eigenvalue weighted by Gasteiger charge is 2.36. The van der Waals surface area contributed by atoms with Crippen molar-refractivity contribution in [2.45, 2.75) is 19.2 Å². The number of aliphatic hydroxyl groups excluding tert-OH is 1. The summed E-state index contributed by atoms with van der Waals surface area (Å²) in [5.74, 6) is -1.07. The van der Waals surface area contributed by atoms with Crippen LogP contribution in [0.3, 0.4) is 0 Å². The number of carbonyl (C=O) groups is 2. The topological polar surface area (TPSA) is 118 Å². The molecule has 0 saturated carbocycles. The van der Waals surface area contributed by atoms with Crippen LogP contribution in [0.1, 0.15) is 34.5 Å². The molecule has 1 aromatic heterocycles. The number of pyridine rings is 1. The average Bonchev–Trinajstić information content (AvgIpc) is 2.91. The summed E-state index contributed by atoms with van der Waals surface area (Å²) >= 11 is 5.96. The zero-order valence-electron chi connectivity index (χ0n) is 21.4. The van der Waals surface area contributed by atoms with Crippen LogP contribution in [-0.2, 0) is 11.0 Å². The molecular weight excluding hydrogens is 551 g/mol. The van der Waals surface area contributed by atoms with E-state index in [4.69, 9.17) is 11.6 Å². The maximum atomic E-state index is 14.0. The molecule has 4 rings (SSSR count). The van der Waals surface area contributed by atoms with E-state index in [1.807, 2.05) is 0 Å². The Hall–Kier alpha value is -4.03. The van der Waals surface area contributed by atoms with E-state index in [9.17, 15) is 32.7 Å². The van der Waals surface area contributed by atoms with Crippen molar-refractivity contribution in [2.24, 2.45) is 0 Å². The van der Waals surface area contributed by atoms with Crippen molar-refractivity contribution in [3.8, 4) is 0 Å². The van der Waals surface area contributed by atoms with Crippen molar-refractivity contribution in [1.29, 1.82) is 0 Å². The van der Waals surface area contributed by atoms with Crippen LogP contribution in [0.15, 0.2) is 59.5 Å². The Labute approximate surface area is 232 Å². The van der Waals surface area contributed by atoms with Crippen LogP contribution >= 0.6 is 11.6 Å². The predicted octanol–water partition coefficient (Wildman–Crippen LogP) is 4.11. The summed E-state index contributed by atoms with van der Waals surface area (Å²) in [4.78, 5) is 42.7. The van der Waals surface area contributed by atoms with Crippen molar-refractivity contribution < 1.29 is 27.9 Å². The number of benzene rings is 2. The summed E-state index contributed by atoms with van der Waals surface area (Å²) in [5.41, 5.74) is -1.71. The number of anilines is 3. The lowest BCUT2D eigenvalue weighted by Gasteiger charge is -2.36. The number of nitrogens with one attached hydrogen (secondary N) is 3. The molecule has 1 aliphatic heterocycles. The number of hydrogen-bond donors (Lipinski definition) is 4. The van der Waals surface area contributed by atoms with Gasteiger partial charge < -0.3 is 30.5 Å². The normalized spacial score (nSPS) is 14.6. The van der Waals surface area contributed by atoms with Gasteiger partial charge in [-0.15, -0.1) is 0 Å². The lowest BCUT2D eigenvalue weighted by Crippen LogP contribution is -2.48. The second-order valence-corrected chi connectivity index (χ2v) is 9.66. The minimum Gasteiger partial charge on any atom is -0.387 e. The average molecular weight is 578 g/mol. The van der Waals surface area contributed by atoms with Gasteiger partial charge in [0.05, 0.1) is 17.4 Å². The number of aliphatic hydroxyl groups is 1. The standard InChI is InChI=1S/C27H27ClF3N5O4/c1-16(37)35-9-11-36(12-10-35)22-6-5-19(14-20(22)27(29,30)31)34-26(40)24-21(7-8-32-25(24)39)33-15-23(38)17-3-2-4-18(28)13-17/h2-8,13-14,23,38H,9-12,15H2,1H3,(H,34,40)(H2,32,33,39)/t23-/m1/s1. The van der Waals surface area contributed by atoms with Crippen LogP contribution in [0, 0.1) is 0 Å². The molecule has 1 saturated heterocycles. The Balaban J connectivity index is 1.53. The number of rotatable bonds is 7. The third-order valence-corrected chi connectivity index (χ3v) is 6.77. The van der Waals surface area contributed by atoms with Gasteiger partial charge in [-0.05, 0) is 42.0 Å². The Morgan fingerprint density at radius 3 is 2.48 bits per heavy atom. The molecule has 0 bridgehead atoms. The van der Waals surface area contributed by atoms with E-state index in [0.29, 0.717) is 23.7 Å². The molecule has 0 radical (unpaired) electrons. The van der Waals surface area contributed by atoms with E-state index in [1.54, 1.807) is 34.1 Å². The van der Waals surface area contributed by atoms with Crippen molar-refractivity contribution >= 4 is 40.5 Å². The van der Waals surface area contributed by atoms with Crippen molar-refractivity contribution in [2.75, 3.05) is 48.3 Å². The fourth-order valence-corrected chi connectivity index (χ4v) is 4.66. The molecular formula is C27H27ClF3N5O4. The van der Waals surface area contributed by atoms with Crippen LogP contribution in [0.5, 0.6) is 0 Å². The van der Waals surface area contributed by atoms with Gasteiger partial charge in [0.15, 0.2) is 0 Å². The molecule has 3 aromatic rings. The van der Waals surface area contributed by atoms with Crippen LogP contribution in [0.25, 0.3) is 0 Å². The van der Waals surface area contributed by atoms with E-state index in [1.165, 1.54) is 31.3 Å². The molecule has 40 heavy (non-hydrogen) atoms. The summed E-state index contributed by atoms with van der Waals surface area (Å²) in [6, 6.07) is 11.4. The van der Waals surface area contributed by atoms with Gasteiger partial charge in [-0.3, -0.25) is 14.4 Å². The van der Waals surface area contributed by atoms with E-state index in [-0.39, 0.29) is 48.2 Å². The zero-order valence-corrected chi connectivity index (χ0v) is 22.1. The van der Waals surface area contributed by atoms with Gasteiger partial charge in [-0.1, -0.05) is 23.7 Å². The smallest absolute Gasteiger partial charge is 0.387 e. The first kappa shape index (κ1) is 29.0. The third-order valence-electron chi connectivity index (χ3n) is 6.53. The molecule has 9 nitrogen and oxygen atoms in total. The van der Waals surface area contributed by atoms with E-state index < -0.39 is 29.3 Å². The Morgan fingerprint density at radius 2 is 1.82 bits per heavy atom. The molecule has 0 unspecified atom stereocenters. The maximum Gasteiger partial charge on any atom is 0.418 e. The third kappa shape index (κ3) is 6.75. The van der Waals surface area contributed by atoms with E-state index in [2.05, 4.69) is 15.6 Å². The SMILES string of the molecule is CC(=O)N1CCN(c2ccc(NC(=O)c3c(NC[C@@H](O)c4cccc(Cl)c4)cc[nH]c3=O)cc2C(F)(F)F)CC1. The molecule has 1 aliphatic rings. The molecule has 13 heteroatoms. The van der Waals surface area contributed by atoms with Crippen molar-refractivity contribution in [1.82, 2.24) is 9.88 Å². The van der Waals surface area contributed by atoms with Gasteiger partial charge in [0.2, 0.25) is 5.91 Å². The molecule has 212 valence electrons. The van der Waals surface area contributed by atoms with Gasteiger partial charge >= 0.3 is 6.18 Å². The highest BCUT2D eigenvalue weighted by Crippen LogP contribution is 2.39. The largest absolute Gasteiger partial charge is 0.418 e. The van der Waals surface area contributed by atoms with Gasteiger partial charge in [-0.25, -0.2) is 0 Å². The van der Waals surface area contributed by atoms with Crippen LogP contribution in [0.2, 0.25) is 5.02 Å². The number of alkyl halides is 3. The minimum atomic E-state index is -4.72. The molecule has 2 amide bonds. The number of halogens is 4. The number of hydrogen-bond acceptors (Lipinski definition) is 6. The van der Waals surface area contributed by atoms with Crippen LogP contribution < -0.4 is 21.1 Å². The number of amides is 2. The fraction of sp³-hybridized carbons (Fsp3) is 0.296. The van der Waals surface area contributed by atoms with Crippen LogP contribution in [0.4, 0.5) is 30.2 Å². The first-order chi connectivity index (χ1) is 18.9. The Morgan fingerprint density at radius 1 is 1.10 bits per heavy atom. The molecule has 4 N–H and O–H groups in total. The highest BCUT2D eigenvalue weighted by molar-refractivity contribution is 6.30. The maximum absolute atomic E-state index is 14.0.